The van der Waals surface area contributed by atoms with E-state index in [-0.39, 0.29) is 23.2 Å². The summed E-state index contributed by atoms with van der Waals surface area (Å²) in [6, 6.07) is 7.76. The first-order chi connectivity index (χ1) is 13.9. The minimum absolute atomic E-state index is 0.173. The van der Waals surface area contributed by atoms with Gasteiger partial charge in [-0.25, -0.2) is 9.37 Å². The highest BCUT2D eigenvalue weighted by Crippen LogP contribution is 2.22. The third-order valence-electron chi connectivity index (χ3n) is 3.38. The Morgan fingerprint density at radius 3 is 2.66 bits per heavy atom. The summed E-state index contributed by atoms with van der Waals surface area (Å²) in [5.74, 6) is -1.36. The van der Waals surface area contributed by atoms with Crippen molar-refractivity contribution in [3.8, 4) is 0 Å². The molecule has 0 bridgehead atoms. The van der Waals surface area contributed by atoms with E-state index in [1.54, 1.807) is 5.38 Å². The molecule has 0 aliphatic rings. The maximum Gasteiger partial charge on any atom is 0.433 e. The number of carbonyl (C=O) groups excluding carboxylic acids is 2. The maximum absolute atomic E-state index is 12.8. The van der Waals surface area contributed by atoms with Crippen molar-refractivity contribution in [1.82, 2.24) is 4.98 Å². The summed E-state index contributed by atoms with van der Waals surface area (Å²) in [6.45, 7) is 0. The number of nitrogens with zero attached hydrogens (tertiary/aromatic N) is 2. The molecule has 0 saturated heterocycles. The lowest BCUT2D eigenvalue weighted by Crippen LogP contribution is -2.14. The molecule has 0 aliphatic carbocycles. The normalized spacial score (nSPS) is 10.5. The number of hydrogen-bond acceptors (Lipinski definition) is 8. The van der Waals surface area contributed by atoms with Gasteiger partial charge in [0.1, 0.15) is 10.7 Å². The molecule has 29 heavy (non-hydrogen) atoms. The van der Waals surface area contributed by atoms with Crippen LogP contribution in [0.15, 0.2) is 46.2 Å². The highest BCUT2D eigenvalue weighted by Gasteiger charge is 2.18. The average molecular weight is 436 g/mol. The Kier molecular flexibility index (Phi) is 6.57. The largest absolute Gasteiger partial charge is 0.433 e. The van der Waals surface area contributed by atoms with Crippen LogP contribution in [0.3, 0.4) is 0 Å². The number of aromatic nitrogens is 1. The Bertz CT molecular complexity index is 1030. The monoisotopic (exact) mass is 436 g/mol. The summed E-state index contributed by atoms with van der Waals surface area (Å²) in [5.41, 5.74) is 1.17. The lowest BCUT2D eigenvalue weighted by molar-refractivity contribution is -0.402. The minimum Gasteiger partial charge on any atom is -0.395 e. The fourth-order valence-corrected chi connectivity index (χ4v) is 3.64. The number of thioether (sulfide) groups is 1. The third kappa shape index (κ3) is 5.86. The Morgan fingerprint density at radius 1 is 1.21 bits per heavy atom. The molecule has 0 aliphatic heterocycles. The molecule has 150 valence electrons. The van der Waals surface area contributed by atoms with Crippen molar-refractivity contribution in [2.45, 2.75) is 5.75 Å². The van der Waals surface area contributed by atoms with Crippen LogP contribution in [0.25, 0.3) is 0 Å². The molecule has 2 heterocycles. The van der Waals surface area contributed by atoms with Crippen LogP contribution < -0.4 is 10.6 Å². The fourth-order valence-electron chi connectivity index (χ4n) is 2.12. The zero-order chi connectivity index (χ0) is 20.8. The van der Waals surface area contributed by atoms with Gasteiger partial charge in [-0.15, -0.1) is 23.1 Å². The van der Waals surface area contributed by atoms with Crippen molar-refractivity contribution in [2.75, 3.05) is 16.4 Å². The summed E-state index contributed by atoms with van der Waals surface area (Å²) >= 11 is 2.50. The van der Waals surface area contributed by atoms with E-state index in [0.29, 0.717) is 22.3 Å². The van der Waals surface area contributed by atoms with Crippen molar-refractivity contribution >= 4 is 51.6 Å². The van der Waals surface area contributed by atoms with Crippen molar-refractivity contribution in [2.24, 2.45) is 0 Å². The Hall–Kier alpha value is -3.25. The van der Waals surface area contributed by atoms with Crippen LogP contribution >= 0.6 is 23.1 Å². The van der Waals surface area contributed by atoms with E-state index >= 15 is 0 Å². The smallest absolute Gasteiger partial charge is 0.395 e. The van der Waals surface area contributed by atoms with Gasteiger partial charge in [0, 0.05) is 16.8 Å². The van der Waals surface area contributed by atoms with Gasteiger partial charge in [0.05, 0.1) is 17.5 Å². The number of hydrogen-bond donors (Lipinski definition) is 2. The minimum atomic E-state index is -0.734. The van der Waals surface area contributed by atoms with E-state index < -0.39 is 16.7 Å². The van der Waals surface area contributed by atoms with E-state index in [4.69, 9.17) is 4.42 Å². The molecule has 0 unspecified atom stereocenters. The summed E-state index contributed by atoms with van der Waals surface area (Å²) in [7, 11) is 0. The molecule has 0 saturated carbocycles. The summed E-state index contributed by atoms with van der Waals surface area (Å²) in [5, 5.41) is 17.8. The molecular formula is C17H13FN4O5S2. The van der Waals surface area contributed by atoms with Crippen LogP contribution in [0.1, 0.15) is 16.2 Å². The maximum atomic E-state index is 12.8. The first kappa shape index (κ1) is 20.5. The highest BCUT2D eigenvalue weighted by molar-refractivity contribution is 7.99. The molecule has 9 nitrogen and oxygen atoms in total. The number of nitrogens with one attached hydrogen (secondary N) is 2. The van der Waals surface area contributed by atoms with Crippen LogP contribution in [0, 0.1) is 15.9 Å². The second kappa shape index (κ2) is 9.30. The van der Waals surface area contributed by atoms with Gasteiger partial charge in [-0.1, -0.05) is 0 Å². The number of amides is 2. The predicted octanol–water partition coefficient (Wildman–Crippen LogP) is 3.91. The zero-order valence-electron chi connectivity index (χ0n) is 14.6. The second-order valence-corrected chi connectivity index (χ2v) is 7.38. The van der Waals surface area contributed by atoms with Crippen LogP contribution in [-0.2, 0) is 10.5 Å². The van der Waals surface area contributed by atoms with E-state index in [1.807, 2.05) is 0 Å². The van der Waals surface area contributed by atoms with E-state index in [9.17, 15) is 24.1 Å². The first-order valence-corrected chi connectivity index (χ1v) is 10.1. The summed E-state index contributed by atoms with van der Waals surface area (Å²) in [4.78, 5) is 38.0. The number of anilines is 2. The SMILES string of the molecule is O=C(CSCc1csc(NC(=O)c2ccc([N+](=O)[O-])o2)n1)Nc1ccc(F)cc1. The molecule has 2 aromatic heterocycles. The van der Waals surface area contributed by atoms with Gasteiger partial charge in [-0.05, 0) is 30.3 Å². The third-order valence-corrected chi connectivity index (χ3v) is 5.15. The zero-order valence-corrected chi connectivity index (χ0v) is 16.2. The van der Waals surface area contributed by atoms with E-state index in [0.717, 1.165) is 6.07 Å². The topological polar surface area (TPSA) is 127 Å². The summed E-state index contributed by atoms with van der Waals surface area (Å²) in [6.07, 6.45) is 0. The number of halogens is 1. The van der Waals surface area contributed by atoms with Gasteiger partial charge in [0.2, 0.25) is 5.91 Å². The van der Waals surface area contributed by atoms with Crippen molar-refractivity contribution in [1.29, 1.82) is 0 Å². The fraction of sp³-hybridized carbons (Fsp3) is 0.118. The Morgan fingerprint density at radius 2 is 1.97 bits per heavy atom. The molecule has 1 aromatic carbocycles. The molecule has 0 atom stereocenters. The number of carbonyl (C=O) groups is 2. The number of furan rings is 1. The molecule has 3 rings (SSSR count). The molecule has 0 radical (unpaired) electrons. The molecule has 12 heteroatoms. The Labute approximate surface area is 171 Å². The van der Waals surface area contributed by atoms with Crippen molar-refractivity contribution in [3.63, 3.8) is 0 Å². The number of benzene rings is 1. The molecule has 2 amide bonds. The van der Waals surface area contributed by atoms with Gasteiger partial charge >= 0.3 is 5.88 Å². The lowest BCUT2D eigenvalue weighted by atomic mass is 10.3. The first-order valence-electron chi connectivity index (χ1n) is 8.04. The second-order valence-electron chi connectivity index (χ2n) is 5.54. The molecule has 3 aromatic rings. The van der Waals surface area contributed by atoms with E-state index in [2.05, 4.69) is 15.6 Å². The highest BCUT2D eigenvalue weighted by atomic mass is 32.2. The van der Waals surface area contributed by atoms with Crippen molar-refractivity contribution in [3.05, 3.63) is 69.2 Å². The Balaban J connectivity index is 1.44. The van der Waals surface area contributed by atoms with Gasteiger partial charge < -0.3 is 9.73 Å². The summed E-state index contributed by atoms with van der Waals surface area (Å²) < 4.78 is 17.7. The van der Waals surface area contributed by atoms with Gasteiger partial charge in [-0.2, -0.15) is 0 Å². The van der Waals surface area contributed by atoms with Gasteiger partial charge in [0.25, 0.3) is 5.91 Å². The van der Waals surface area contributed by atoms with Gasteiger partial charge in [0.15, 0.2) is 10.9 Å². The lowest BCUT2D eigenvalue weighted by Gasteiger charge is -2.04. The molecule has 2 N–H and O–H groups in total. The standard InChI is InChI=1S/C17H13FN4O5S2/c18-10-1-3-11(4-2-10)19-14(23)9-28-7-12-8-29-17(20-12)21-16(24)13-5-6-15(27-13)22(25)26/h1-6,8H,7,9H2,(H,19,23)(H,20,21,24). The van der Waals surface area contributed by atoms with Crippen LogP contribution in [-0.4, -0.2) is 27.5 Å². The molecule has 0 spiro atoms. The van der Waals surface area contributed by atoms with Gasteiger partial charge in [-0.3, -0.25) is 25.0 Å². The van der Waals surface area contributed by atoms with E-state index in [1.165, 1.54) is 53.4 Å². The molecule has 0 fully saturated rings. The van der Waals surface area contributed by atoms with Crippen LogP contribution in [0.2, 0.25) is 0 Å². The number of thiazole rings is 1. The van der Waals surface area contributed by atoms with Crippen LogP contribution in [0.5, 0.6) is 0 Å². The average Bonchev–Trinajstić information content (AvgIpc) is 3.33. The quantitative estimate of drug-likeness (QED) is 0.405. The number of rotatable bonds is 8. The predicted molar refractivity (Wildman–Crippen MR) is 107 cm³/mol. The number of nitro groups is 1. The van der Waals surface area contributed by atoms with Crippen molar-refractivity contribution < 1.29 is 23.3 Å². The van der Waals surface area contributed by atoms with Crippen LogP contribution in [0.4, 0.5) is 21.1 Å². The molecular weight excluding hydrogens is 423 g/mol.